The monoisotopic (exact) mass is 447 g/mol. The van der Waals surface area contributed by atoms with Crippen LogP contribution in [-0.4, -0.2) is 61.6 Å². The third-order valence-electron chi connectivity index (χ3n) is 4.19. The topological polar surface area (TPSA) is 80.2 Å². The van der Waals surface area contributed by atoms with Crippen molar-refractivity contribution in [1.29, 1.82) is 0 Å². The summed E-state index contributed by atoms with van der Waals surface area (Å²) in [6.07, 6.45) is 1.55. The predicted molar refractivity (Wildman–Crippen MR) is 117 cm³/mol. The Bertz CT molecular complexity index is 869. The molecule has 1 aliphatic heterocycles. The molecule has 9 heteroatoms. The molecule has 0 saturated carbocycles. The molecule has 3 rings (SSSR count). The van der Waals surface area contributed by atoms with E-state index in [1.165, 1.54) is 11.8 Å². The standard InChI is InChI=1S/C21H22ClN3O4S/c22-17-3-7-19(8-4-17)30-15-20(26)24-23-13-16-1-5-18(6-2-16)29-14-21(27)25-9-11-28-12-10-25/h1-8,13H,9-12,14-15H2,(H,24,26)/b23-13-. The van der Waals surface area contributed by atoms with Crippen LogP contribution in [0.15, 0.2) is 58.5 Å². The number of halogens is 1. The summed E-state index contributed by atoms with van der Waals surface area (Å²) >= 11 is 7.24. The second-order valence-corrected chi connectivity index (χ2v) is 7.87. The number of ether oxygens (including phenoxy) is 2. The number of hydrazone groups is 1. The molecule has 158 valence electrons. The molecule has 2 amide bonds. The molecule has 7 nitrogen and oxygen atoms in total. The van der Waals surface area contributed by atoms with Gasteiger partial charge in [-0.15, -0.1) is 11.8 Å². The van der Waals surface area contributed by atoms with E-state index in [0.717, 1.165) is 10.5 Å². The molecule has 30 heavy (non-hydrogen) atoms. The fourth-order valence-corrected chi connectivity index (χ4v) is 3.41. The van der Waals surface area contributed by atoms with Crippen LogP contribution in [0.25, 0.3) is 0 Å². The molecule has 1 N–H and O–H groups in total. The van der Waals surface area contributed by atoms with Crippen molar-refractivity contribution in [1.82, 2.24) is 10.3 Å². The highest BCUT2D eigenvalue weighted by atomic mass is 35.5. The molecule has 2 aromatic rings. The largest absolute Gasteiger partial charge is 0.484 e. The van der Waals surface area contributed by atoms with Crippen LogP contribution in [-0.2, 0) is 14.3 Å². The van der Waals surface area contributed by atoms with Gasteiger partial charge in [0.25, 0.3) is 5.91 Å². The molecule has 1 heterocycles. The van der Waals surface area contributed by atoms with Gasteiger partial charge >= 0.3 is 0 Å². The van der Waals surface area contributed by atoms with Crippen LogP contribution in [0.3, 0.4) is 0 Å². The minimum absolute atomic E-state index is 0.00518. The Morgan fingerprint density at radius 2 is 1.83 bits per heavy atom. The lowest BCUT2D eigenvalue weighted by Crippen LogP contribution is -2.42. The molecular formula is C21H22ClN3O4S. The summed E-state index contributed by atoms with van der Waals surface area (Å²) in [5.74, 6) is 0.594. The number of hydrogen-bond acceptors (Lipinski definition) is 6. The normalized spacial score (nSPS) is 14.0. The van der Waals surface area contributed by atoms with Gasteiger partial charge in [0, 0.05) is 23.0 Å². The maximum absolute atomic E-state index is 12.1. The highest BCUT2D eigenvalue weighted by Gasteiger charge is 2.17. The summed E-state index contributed by atoms with van der Waals surface area (Å²) in [4.78, 5) is 26.6. The van der Waals surface area contributed by atoms with Crippen molar-refractivity contribution in [3.63, 3.8) is 0 Å². The maximum Gasteiger partial charge on any atom is 0.260 e. The van der Waals surface area contributed by atoms with E-state index in [2.05, 4.69) is 10.5 Å². The van der Waals surface area contributed by atoms with Gasteiger partial charge in [-0.1, -0.05) is 11.6 Å². The number of nitrogens with zero attached hydrogens (tertiary/aromatic N) is 2. The Balaban J connectivity index is 1.37. The number of amides is 2. The van der Waals surface area contributed by atoms with Crippen LogP contribution in [0.2, 0.25) is 5.02 Å². The molecule has 0 atom stereocenters. The summed E-state index contributed by atoms with van der Waals surface area (Å²) in [6.45, 7) is 2.32. The van der Waals surface area contributed by atoms with Crippen LogP contribution >= 0.6 is 23.4 Å². The molecule has 1 aliphatic rings. The smallest absolute Gasteiger partial charge is 0.260 e. The fraction of sp³-hybridized carbons (Fsp3) is 0.286. The van der Waals surface area contributed by atoms with Crippen molar-refractivity contribution >= 4 is 41.4 Å². The number of carbonyl (C=O) groups excluding carboxylic acids is 2. The average Bonchev–Trinajstić information content (AvgIpc) is 2.78. The molecule has 0 aromatic heterocycles. The van der Waals surface area contributed by atoms with E-state index >= 15 is 0 Å². The highest BCUT2D eigenvalue weighted by molar-refractivity contribution is 8.00. The van der Waals surface area contributed by atoms with Crippen LogP contribution in [0.1, 0.15) is 5.56 Å². The first-order valence-electron chi connectivity index (χ1n) is 9.39. The van der Waals surface area contributed by atoms with Crippen LogP contribution in [0.4, 0.5) is 0 Å². The van der Waals surface area contributed by atoms with E-state index in [0.29, 0.717) is 37.1 Å². The van der Waals surface area contributed by atoms with Crippen molar-refractivity contribution in [3.8, 4) is 5.75 Å². The first-order valence-corrected chi connectivity index (χ1v) is 10.8. The summed E-state index contributed by atoms with van der Waals surface area (Å²) in [7, 11) is 0. The van der Waals surface area contributed by atoms with Crippen molar-refractivity contribution in [2.24, 2.45) is 5.10 Å². The van der Waals surface area contributed by atoms with E-state index in [4.69, 9.17) is 21.1 Å². The average molecular weight is 448 g/mol. The predicted octanol–water partition coefficient (Wildman–Crippen LogP) is 2.82. The van der Waals surface area contributed by atoms with Crippen molar-refractivity contribution in [3.05, 3.63) is 59.1 Å². The number of thioether (sulfide) groups is 1. The molecule has 0 spiro atoms. The molecule has 0 radical (unpaired) electrons. The SMILES string of the molecule is O=C(CSc1ccc(Cl)cc1)N/N=C\c1ccc(OCC(=O)N2CCOCC2)cc1. The number of benzene rings is 2. The number of morpholine rings is 1. The molecule has 0 unspecified atom stereocenters. The Labute approximate surface area is 184 Å². The van der Waals surface area contributed by atoms with Crippen LogP contribution in [0, 0.1) is 0 Å². The molecule has 1 fully saturated rings. The zero-order valence-electron chi connectivity index (χ0n) is 16.3. The van der Waals surface area contributed by atoms with Gasteiger partial charge in [0.15, 0.2) is 6.61 Å². The highest BCUT2D eigenvalue weighted by Crippen LogP contribution is 2.19. The number of carbonyl (C=O) groups is 2. The number of nitrogens with one attached hydrogen (secondary N) is 1. The Hall–Kier alpha value is -2.55. The fourth-order valence-electron chi connectivity index (χ4n) is 2.59. The van der Waals surface area contributed by atoms with E-state index in [1.54, 1.807) is 47.5 Å². The quantitative estimate of drug-likeness (QED) is 0.382. The maximum atomic E-state index is 12.1. The third kappa shape index (κ3) is 7.37. The van der Waals surface area contributed by atoms with Gasteiger partial charge < -0.3 is 14.4 Å². The van der Waals surface area contributed by atoms with Gasteiger partial charge in [-0.25, -0.2) is 5.43 Å². The second kappa shape index (κ2) is 11.6. The van der Waals surface area contributed by atoms with Crippen molar-refractivity contribution in [2.75, 3.05) is 38.7 Å². The van der Waals surface area contributed by atoms with Gasteiger partial charge in [0.2, 0.25) is 5.91 Å². The van der Waals surface area contributed by atoms with Crippen molar-refractivity contribution in [2.45, 2.75) is 4.90 Å². The lowest BCUT2D eigenvalue weighted by molar-refractivity contribution is -0.137. The summed E-state index contributed by atoms with van der Waals surface area (Å²) in [6, 6.07) is 14.4. The van der Waals surface area contributed by atoms with Gasteiger partial charge in [0.1, 0.15) is 5.75 Å². The molecule has 2 aromatic carbocycles. The minimum atomic E-state index is -0.201. The van der Waals surface area contributed by atoms with Crippen LogP contribution in [0.5, 0.6) is 5.75 Å². The number of rotatable bonds is 8. The zero-order chi connectivity index (χ0) is 21.2. The summed E-state index contributed by atoms with van der Waals surface area (Å²) in [5, 5.41) is 4.62. The van der Waals surface area contributed by atoms with Gasteiger partial charge in [-0.3, -0.25) is 9.59 Å². The van der Waals surface area contributed by atoms with Crippen LogP contribution < -0.4 is 10.2 Å². The van der Waals surface area contributed by atoms with E-state index < -0.39 is 0 Å². The molecule has 1 saturated heterocycles. The lowest BCUT2D eigenvalue weighted by Gasteiger charge is -2.26. The molecule has 0 bridgehead atoms. The zero-order valence-corrected chi connectivity index (χ0v) is 17.8. The van der Waals surface area contributed by atoms with E-state index in [1.807, 2.05) is 12.1 Å². The van der Waals surface area contributed by atoms with Crippen molar-refractivity contribution < 1.29 is 19.1 Å². The van der Waals surface area contributed by atoms with E-state index in [9.17, 15) is 9.59 Å². The Kier molecular flexibility index (Phi) is 8.55. The lowest BCUT2D eigenvalue weighted by atomic mass is 10.2. The van der Waals surface area contributed by atoms with E-state index in [-0.39, 0.29) is 24.2 Å². The molecular weight excluding hydrogens is 426 g/mol. The first kappa shape index (κ1) is 22.1. The van der Waals surface area contributed by atoms with Gasteiger partial charge in [-0.2, -0.15) is 5.10 Å². The minimum Gasteiger partial charge on any atom is -0.484 e. The van der Waals surface area contributed by atoms with Gasteiger partial charge in [-0.05, 0) is 54.1 Å². The number of hydrogen-bond donors (Lipinski definition) is 1. The first-order chi connectivity index (χ1) is 14.6. The second-order valence-electron chi connectivity index (χ2n) is 6.39. The Morgan fingerprint density at radius 3 is 2.53 bits per heavy atom. The van der Waals surface area contributed by atoms with Gasteiger partial charge in [0.05, 0.1) is 25.2 Å². The summed E-state index contributed by atoms with van der Waals surface area (Å²) in [5.41, 5.74) is 3.29. The Morgan fingerprint density at radius 1 is 1.13 bits per heavy atom. The third-order valence-corrected chi connectivity index (χ3v) is 5.46. The summed E-state index contributed by atoms with van der Waals surface area (Å²) < 4.78 is 10.8. The molecule has 0 aliphatic carbocycles.